The van der Waals surface area contributed by atoms with Crippen molar-refractivity contribution in [2.45, 2.75) is 116 Å². The van der Waals surface area contributed by atoms with Crippen LogP contribution in [0.5, 0.6) is 5.75 Å². The minimum absolute atomic E-state index is 0.0366. The van der Waals surface area contributed by atoms with E-state index in [0.717, 1.165) is 32.1 Å². The second kappa shape index (κ2) is 12.2. The van der Waals surface area contributed by atoms with E-state index in [4.69, 9.17) is 4.74 Å². The highest BCUT2D eigenvalue weighted by molar-refractivity contribution is 5.93. The molecule has 3 N–H and O–H groups in total. The highest BCUT2D eigenvalue weighted by atomic mass is 16.6. The maximum Gasteiger partial charge on any atom is 0.408 e. The molecule has 0 aliphatic heterocycles. The van der Waals surface area contributed by atoms with E-state index in [1.807, 2.05) is 13.8 Å². The molecule has 1 aromatic rings. The van der Waals surface area contributed by atoms with Crippen LogP contribution in [-0.4, -0.2) is 51.6 Å². The van der Waals surface area contributed by atoms with Crippen LogP contribution in [0.1, 0.15) is 98.1 Å². The Hall–Kier alpha value is -2.77. The highest BCUT2D eigenvalue weighted by Gasteiger charge is 2.49. The molecule has 37 heavy (non-hydrogen) atoms. The summed E-state index contributed by atoms with van der Waals surface area (Å²) in [4.78, 5) is 42.6. The van der Waals surface area contributed by atoms with Crippen LogP contribution in [0.3, 0.4) is 0 Å². The van der Waals surface area contributed by atoms with Gasteiger partial charge in [-0.15, -0.1) is 0 Å². The minimum atomic E-state index is -0.913. The molecule has 0 radical (unpaired) electrons. The number of ether oxygens (including phenoxy) is 1. The molecule has 8 nitrogen and oxygen atoms in total. The van der Waals surface area contributed by atoms with E-state index < -0.39 is 23.8 Å². The summed E-state index contributed by atoms with van der Waals surface area (Å²) < 4.78 is 5.47. The molecule has 0 saturated heterocycles. The maximum absolute atomic E-state index is 14.3. The van der Waals surface area contributed by atoms with Gasteiger partial charge in [0.05, 0.1) is 0 Å². The Morgan fingerprint density at radius 2 is 1.81 bits per heavy atom. The Morgan fingerprint density at radius 1 is 1.16 bits per heavy atom. The topological polar surface area (TPSA) is 108 Å². The fourth-order valence-corrected chi connectivity index (χ4v) is 5.11. The van der Waals surface area contributed by atoms with Gasteiger partial charge >= 0.3 is 6.09 Å². The molecule has 8 heteroatoms. The number of phenolic OH excluding ortho intramolecular Hbond substituents is 1. The monoisotopic (exact) mass is 515 g/mol. The van der Waals surface area contributed by atoms with Crippen molar-refractivity contribution in [2.75, 3.05) is 0 Å². The lowest BCUT2D eigenvalue weighted by atomic mass is 9.93. The lowest BCUT2D eigenvalue weighted by Gasteiger charge is -2.37. The number of aromatic hydroxyl groups is 1. The van der Waals surface area contributed by atoms with Crippen LogP contribution >= 0.6 is 0 Å². The number of hydrogen-bond acceptors (Lipinski definition) is 5. The molecule has 2 fully saturated rings. The van der Waals surface area contributed by atoms with E-state index in [1.54, 1.807) is 49.9 Å². The molecule has 0 heterocycles. The summed E-state index contributed by atoms with van der Waals surface area (Å²) in [6, 6.07) is 4.74. The lowest BCUT2D eigenvalue weighted by Crippen LogP contribution is -2.56. The third-order valence-corrected chi connectivity index (χ3v) is 7.49. The molecule has 3 rings (SSSR count). The normalized spacial score (nSPS) is 22.3. The minimum Gasteiger partial charge on any atom is -0.508 e. The number of nitrogens with zero attached hydrogens (tertiary/aromatic N) is 1. The SMILES string of the molecule is CCC(C)C(NC(=O)OC(C)(C)C)C(=O)N(C(C(=O)NC1CCCCC1)c1cccc(O)c1)C1CC1C. The maximum atomic E-state index is 14.3. The molecular weight excluding hydrogens is 470 g/mol. The van der Waals surface area contributed by atoms with Gasteiger partial charge < -0.3 is 25.4 Å². The van der Waals surface area contributed by atoms with Gasteiger partial charge in [-0.05, 0) is 69.6 Å². The quantitative estimate of drug-likeness (QED) is 0.426. The zero-order chi connectivity index (χ0) is 27.3. The summed E-state index contributed by atoms with van der Waals surface area (Å²) in [6.45, 7) is 11.3. The van der Waals surface area contributed by atoms with E-state index >= 15 is 0 Å². The van der Waals surface area contributed by atoms with Crippen LogP contribution in [0.25, 0.3) is 0 Å². The number of benzene rings is 1. The van der Waals surface area contributed by atoms with Crippen molar-refractivity contribution in [1.82, 2.24) is 15.5 Å². The van der Waals surface area contributed by atoms with Crippen molar-refractivity contribution < 1.29 is 24.2 Å². The van der Waals surface area contributed by atoms with E-state index in [1.165, 1.54) is 6.42 Å². The number of amides is 3. The number of rotatable bonds is 9. The van der Waals surface area contributed by atoms with E-state index in [2.05, 4.69) is 17.6 Å². The lowest BCUT2D eigenvalue weighted by molar-refractivity contribution is -0.144. The average Bonchev–Trinajstić information content (AvgIpc) is 3.55. The molecule has 2 aliphatic rings. The zero-order valence-electron chi connectivity index (χ0n) is 23.3. The Morgan fingerprint density at radius 3 is 2.35 bits per heavy atom. The van der Waals surface area contributed by atoms with Crippen LogP contribution in [0.2, 0.25) is 0 Å². The number of nitrogens with one attached hydrogen (secondary N) is 2. The first-order chi connectivity index (χ1) is 17.4. The molecule has 5 atom stereocenters. The summed E-state index contributed by atoms with van der Waals surface area (Å²) in [5.41, 5.74) is -0.150. The number of carbonyl (C=O) groups excluding carboxylic acids is 3. The van der Waals surface area contributed by atoms with E-state index in [0.29, 0.717) is 12.0 Å². The number of alkyl carbamates (subject to hydrolysis) is 1. The van der Waals surface area contributed by atoms with Crippen molar-refractivity contribution in [1.29, 1.82) is 0 Å². The number of carbonyl (C=O) groups is 3. The Bertz CT molecular complexity index is 953. The Labute approximate surface area is 221 Å². The number of phenols is 1. The molecule has 1 aromatic carbocycles. The van der Waals surface area contributed by atoms with Crippen LogP contribution in [0.15, 0.2) is 24.3 Å². The van der Waals surface area contributed by atoms with Crippen LogP contribution in [0.4, 0.5) is 4.79 Å². The fraction of sp³-hybridized carbons (Fsp3) is 0.690. The second-order valence-electron chi connectivity index (χ2n) is 11.9. The molecular formula is C29H45N3O5. The molecule has 5 unspecified atom stereocenters. The van der Waals surface area contributed by atoms with E-state index in [9.17, 15) is 19.5 Å². The van der Waals surface area contributed by atoms with Crippen molar-refractivity contribution in [3.8, 4) is 5.75 Å². The first kappa shape index (κ1) is 28.8. The first-order valence-corrected chi connectivity index (χ1v) is 13.8. The summed E-state index contributed by atoms with van der Waals surface area (Å²) in [6.07, 6.45) is 5.92. The second-order valence-corrected chi connectivity index (χ2v) is 11.9. The Kier molecular flexibility index (Phi) is 9.48. The molecule has 0 spiro atoms. The fourth-order valence-electron chi connectivity index (χ4n) is 5.11. The largest absolute Gasteiger partial charge is 0.508 e. The van der Waals surface area contributed by atoms with Crippen molar-refractivity contribution in [3.63, 3.8) is 0 Å². The summed E-state index contributed by atoms with van der Waals surface area (Å²) in [5, 5.41) is 16.2. The molecule has 206 valence electrons. The van der Waals surface area contributed by atoms with Gasteiger partial charge in [0.2, 0.25) is 11.8 Å². The predicted molar refractivity (Wildman–Crippen MR) is 143 cm³/mol. The standard InChI is InChI=1S/C29H45N3O5/c1-7-18(2)24(31-28(36)37-29(4,5)6)27(35)32(23-16-19(23)3)25(20-12-11-15-22(33)17-20)26(34)30-21-13-9-8-10-14-21/h11-12,15,17-19,21,23-25,33H,7-10,13-14,16H2,1-6H3,(H,30,34)(H,31,36). The van der Waals surface area contributed by atoms with Crippen LogP contribution in [-0.2, 0) is 14.3 Å². The van der Waals surface area contributed by atoms with Crippen molar-refractivity contribution >= 4 is 17.9 Å². The Balaban J connectivity index is 1.98. The summed E-state index contributed by atoms with van der Waals surface area (Å²) in [5.74, 6) is -0.463. The molecule has 0 bridgehead atoms. The number of hydrogen-bond donors (Lipinski definition) is 3. The predicted octanol–water partition coefficient (Wildman–Crippen LogP) is 5.06. The van der Waals surface area contributed by atoms with Gasteiger partial charge in [0, 0.05) is 12.1 Å². The van der Waals surface area contributed by atoms with Crippen LogP contribution < -0.4 is 10.6 Å². The third-order valence-electron chi connectivity index (χ3n) is 7.49. The highest BCUT2D eigenvalue weighted by Crippen LogP contribution is 2.41. The van der Waals surface area contributed by atoms with Crippen LogP contribution in [0, 0.1) is 11.8 Å². The smallest absolute Gasteiger partial charge is 0.408 e. The average molecular weight is 516 g/mol. The van der Waals surface area contributed by atoms with Gasteiger partial charge in [-0.25, -0.2) is 4.79 Å². The van der Waals surface area contributed by atoms with Gasteiger partial charge in [0.1, 0.15) is 23.4 Å². The van der Waals surface area contributed by atoms with Crippen molar-refractivity contribution in [3.05, 3.63) is 29.8 Å². The summed E-state index contributed by atoms with van der Waals surface area (Å²) in [7, 11) is 0. The van der Waals surface area contributed by atoms with Gasteiger partial charge in [0.15, 0.2) is 0 Å². The summed E-state index contributed by atoms with van der Waals surface area (Å²) >= 11 is 0. The third kappa shape index (κ3) is 7.86. The molecule has 2 saturated carbocycles. The van der Waals surface area contributed by atoms with Gasteiger partial charge in [-0.1, -0.05) is 58.6 Å². The molecule has 2 aliphatic carbocycles. The van der Waals surface area contributed by atoms with Gasteiger partial charge in [0.25, 0.3) is 0 Å². The van der Waals surface area contributed by atoms with Gasteiger partial charge in [-0.2, -0.15) is 0 Å². The zero-order valence-corrected chi connectivity index (χ0v) is 23.3. The van der Waals surface area contributed by atoms with E-state index in [-0.39, 0.29) is 41.5 Å². The first-order valence-electron chi connectivity index (χ1n) is 13.8. The molecule has 3 amide bonds. The molecule has 0 aromatic heterocycles. The van der Waals surface area contributed by atoms with Gasteiger partial charge in [-0.3, -0.25) is 9.59 Å². The van der Waals surface area contributed by atoms with Crippen molar-refractivity contribution in [2.24, 2.45) is 11.8 Å².